The smallest absolute Gasteiger partial charge is 0.271 e. The molecule has 1 N–H and O–H groups in total. The van der Waals surface area contributed by atoms with Crippen molar-refractivity contribution in [3.8, 4) is 11.9 Å². The van der Waals surface area contributed by atoms with E-state index in [0.717, 1.165) is 14.7 Å². The molecule has 0 fully saturated rings. The van der Waals surface area contributed by atoms with Crippen molar-refractivity contribution in [2.75, 3.05) is 13.2 Å². The first-order chi connectivity index (χ1) is 13.9. The molecule has 0 atom stereocenters. The molecule has 1 aromatic carbocycles. The van der Waals surface area contributed by atoms with Crippen LogP contribution in [0.3, 0.4) is 0 Å². The number of ketones is 1. The third-order valence-electron chi connectivity index (χ3n) is 4.64. The van der Waals surface area contributed by atoms with Gasteiger partial charge in [-0.15, -0.1) is 11.3 Å². The van der Waals surface area contributed by atoms with Crippen LogP contribution in [-0.2, 0) is 11.3 Å². The average Bonchev–Trinajstić information content (AvgIpc) is 3.04. The first-order valence-electron chi connectivity index (χ1n) is 9.08. The standard InChI is InChI=1S/C21H19ClN2O4S/c1-3-28-10-6-9-24-20(26)14(11-23)12(2)16(21(24)27)18(25)19-17(22)13-7-4-5-8-15(13)29-19/h4-5,7-8,27H,3,6,9-10H2,1-2H3. The highest BCUT2D eigenvalue weighted by molar-refractivity contribution is 7.21. The van der Waals surface area contributed by atoms with E-state index in [4.69, 9.17) is 16.3 Å². The number of ether oxygens (including phenoxy) is 1. The van der Waals surface area contributed by atoms with Crippen LogP contribution in [0.2, 0.25) is 5.02 Å². The van der Waals surface area contributed by atoms with E-state index in [0.29, 0.717) is 24.7 Å². The van der Waals surface area contributed by atoms with Gasteiger partial charge in [0.25, 0.3) is 5.56 Å². The van der Waals surface area contributed by atoms with Crippen molar-refractivity contribution >= 4 is 38.8 Å². The van der Waals surface area contributed by atoms with Gasteiger partial charge in [0.15, 0.2) is 0 Å². The van der Waals surface area contributed by atoms with Crippen molar-refractivity contribution in [2.24, 2.45) is 0 Å². The van der Waals surface area contributed by atoms with E-state index in [-0.39, 0.29) is 28.1 Å². The van der Waals surface area contributed by atoms with Gasteiger partial charge in [0.05, 0.1) is 15.5 Å². The van der Waals surface area contributed by atoms with Crippen molar-refractivity contribution in [1.29, 1.82) is 5.26 Å². The van der Waals surface area contributed by atoms with Crippen LogP contribution in [0.5, 0.6) is 5.88 Å². The highest BCUT2D eigenvalue weighted by Gasteiger charge is 2.27. The molecule has 3 aromatic rings. The summed E-state index contributed by atoms with van der Waals surface area (Å²) in [5, 5.41) is 21.3. The summed E-state index contributed by atoms with van der Waals surface area (Å²) in [6.07, 6.45) is 0.451. The van der Waals surface area contributed by atoms with E-state index in [1.54, 1.807) is 0 Å². The first kappa shape index (κ1) is 21.1. The summed E-state index contributed by atoms with van der Waals surface area (Å²) < 4.78 is 7.16. The normalized spacial score (nSPS) is 11.0. The number of nitrogens with zero attached hydrogens (tertiary/aromatic N) is 2. The van der Waals surface area contributed by atoms with Crippen molar-refractivity contribution in [2.45, 2.75) is 26.8 Å². The third-order valence-corrected chi connectivity index (χ3v) is 6.32. The number of hydrogen-bond donors (Lipinski definition) is 1. The molecule has 29 heavy (non-hydrogen) atoms. The number of thiophene rings is 1. The molecule has 2 heterocycles. The minimum absolute atomic E-state index is 0.0778. The van der Waals surface area contributed by atoms with Crippen molar-refractivity contribution in [3.05, 3.63) is 61.2 Å². The zero-order valence-electron chi connectivity index (χ0n) is 16.0. The largest absolute Gasteiger partial charge is 0.494 e. The predicted octanol–water partition coefficient (Wildman–Crippen LogP) is 4.26. The second-order valence-electron chi connectivity index (χ2n) is 6.39. The Morgan fingerprint density at radius 3 is 2.76 bits per heavy atom. The Balaban J connectivity index is 2.14. The summed E-state index contributed by atoms with van der Waals surface area (Å²) >= 11 is 7.64. The number of aromatic hydroxyl groups is 1. The van der Waals surface area contributed by atoms with E-state index in [1.165, 1.54) is 18.3 Å². The topological polar surface area (TPSA) is 92.3 Å². The molecule has 8 heteroatoms. The van der Waals surface area contributed by atoms with Crippen LogP contribution in [0.15, 0.2) is 29.1 Å². The molecule has 150 valence electrons. The molecule has 0 spiro atoms. The Hall–Kier alpha value is -2.66. The van der Waals surface area contributed by atoms with Gasteiger partial charge in [0, 0.05) is 29.8 Å². The monoisotopic (exact) mass is 430 g/mol. The van der Waals surface area contributed by atoms with Gasteiger partial charge in [-0.05, 0) is 31.9 Å². The molecule has 0 amide bonds. The molecule has 0 radical (unpaired) electrons. The van der Waals surface area contributed by atoms with Gasteiger partial charge < -0.3 is 9.84 Å². The fraction of sp³-hybridized carbons (Fsp3) is 0.286. The summed E-state index contributed by atoms with van der Waals surface area (Å²) in [5.74, 6) is -0.970. The average molecular weight is 431 g/mol. The summed E-state index contributed by atoms with van der Waals surface area (Å²) in [6, 6.07) is 9.20. The molecule has 0 aliphatic heterocycles. The van der Waals surface area contributed by atoms with Crippen LogP contribution in [0.4, 0.5) is 0 Å². The van der Waals surface area contributed by atoms with Crippen LogP contribution < -0.4 is 5.56 Å². The van der Waals surface area contributed by atoms with Gasteiger partial charge in [-0.3, -0.25) is 14.2 Å². The Morgan fingerprint density at radius 2 is 2.10 bits per heavy atom. The minimum atomic E-state index is -0.627. The SMILES string of the molecule is CCOCCCn1c(O)c(C(=O)c2sc3ccccc3c2Cl)c(C)c(C#N)c1=O. The molecule has 0 bridgehead atoms. The second kappa shape index (κ2) is 8.78. The Morgan fingerprint density at radius 1 is 1.38 bits per heavy atom. The summed E-state index contributed by atoms with van der Waals surface area (Å²) in [5.41, 5.74) is -0.724. The Kier molecular flexibility index (Phi) is 6.38. The highest BCUT2D eigenvalue weighted by atomic mass is 35.5. The number of hydrogen-bond acceptors (Lipinski definition) is 6. The molecule has 6 nitrogen and oxygen atoms in total. The number of fused-ring (bicyclic) bond motifs is 1. The van der Waals surface area contributed by atoms with Crippen molar-refractivity contribution < 1.29 is 14.6 Å². The maximum absolute atomic E-state index is 13.3. The molecule has 0 saturated heterocycles. The van der Waals surface area contributed by atoms with E-state index >= 15 is 0 Å². The fourth-order valence-electron chi connectivity index (χ4n) is 3.17. The van der Waals surface area contributed by atoms with E-state index in [1.807, 2.05) is 37.3 Å². The number of nitriles is 1. The molecule has 2 aromatic heterocycles. The molecule has 0 aliphatic carbocycles. The first-order valence-corrected chi connectivity index (χ1v) is 10.3. The van der Waals surface area contributed by atoms with Gasteiger partial charge in [-0.2, -0.15) is 5.26 Å². The number of carbonyl (C=O) groups is 1. The minimum Gasteiger partial charge on any atom is -0.494 e. The van der Waals surface area contributed by atoms with E-state index in [9.17, 15) is 20.0 Å². The molecule has 0 unspecified atom stereocenters. The summed E-state index contributed by atoms with van der Waals surface area (Å²) in [7, 11) is 0. The van der Waals surface area contributed by atoms with Crippen LogP contribution in [0.25, 0.3) is 10.1 Å². The highest BCUT2D eigenvalue weighted by Crippen LogP contribution is 2.38. The molecule has 0 aliphatic rings. The lowest BCUT2D eigenvalue weighted by atomic mass is 10.0. The number of rotatable bonds is 7. The number of halogens is 1. The maximum atomic E-state index is 13.3. The van der Waals surface area contributed by atoms with Crippen LogP contribution in [0, 0.1) is 18.3 Å². The Bertz CT molecular complexity index is 1190. The third kappa shape index (κ3) is 3.79. The van der Waals surface area contributed by atoms with Crippen LogP contribution >= 0.6 is 22.9 Å². The van der Waals surface area contributed by atoms with Gasteiger partial charge in [-0.25, -0.2) is 0 Å². The van der Waals surface area contributed by atoms with Crippen molar-refractivity contribution in [3.63, 3.8) is 0 Å². The lowest BCUT2D eigenvalue weighted by molar-refractivity contribution is 0.103. The zero-order valence-corrected chi connectivity index (χ0v) is 17.6. The quantitative estimate of drug-likeness (QED) is 0.446. The van der Waals surface area contributed by atoms with Gasteiger partial charge in [0.1, 0.15) is 11.6 Å². The predicted molar refractivity (Wildman–Crippen MR) is 113 cm³/mol. The van der Waals surface area contributed by atoms with Gasteiger partial charge in [-0.1, -0.05) is 29.8 Å². The summed E-state index contributed by atoms with van der Waals surface area (Å²) in [4.78, 5) is 26.2. The lowest BCUT2D eigenvalue weighted by Crippen LogP contribution is -2.27. The molecular weight excluding hydrogens is 412 g/mol. The second-order valence-corrected chi connectivity index (χ2v) is 7.82. The number of carbonyl (C=O) groups excluding carboxylic acids is 1. The molecular formula is C21H19ClN2O4S. The molecule has 3 rings (SSSR count). The maximum Gasteiger partial charge on any atom is 0.271 e. The van der Waals surface area contributed by atoms with Crippen LogP contribution in [0.1, 0.15) is 39.7 Å². The summed E-state index contributed by atoms with van der Waals surface area (Å²) in [6.45, 7) is 4.39. The van der Waals surface area contributed by atoms with E-state index < -0.39 is 17.2 Å². The fourth-order valence-corrected chi connectivity index (χ4v) is 4.64. The zero-order chi connectivity index (χ0) is 21.1. The van der Waals surface area contributed by atoms with Crippen molar-refractivity contribution in [1.82, 2.24) is 4.57 Å². The lowest BCUT2D eigenvalue weighted by Gasteiger charge is -2.15. The van der Waals surface area contributed by atoms with Gasteiger partial charge >= 0.3 is 0 Å². The van der Waals surface area contributed by atoms with Gasteiger partial charge in [0.2, 0.25) is 11.7 Å². The number of pyridine rings is 1. The van der Waals surface area contributed by atoms with E-state index in [2.05, 4.69) is 0 Å². The Labute approximate surface area is 176 Å². The molecule has 0 saturated carbocycles. The van der Waals surface area contributed by atoms with Crippen LogP contribution in [-0.4, -0.2) is 28.7 Å². The number of benzene rings is 1. The number of aromatic nitrogens is 1.